The summed E-state index contributed by atoms with van der Waals surface area (Å²) in [5.74, 6) is 1.72. The zero-order valence-electron chi connectivity index (χ0n) is 18.2. The maximum absolute atomic E-state index is 12.4. The van der Waals surface area contributed by atoms with E-state index in [1.54, 1.807) is 14.2 Å². The van der Waals surface area contributed by atoms with E-state index in [4.69, 9.17) is 21.1 Å². The number of halogens is 1. The van der Waals surface area contributed by atoms with Crippen molar-refractivity contribution >= 4 is 29.3 Å². The van der Waals surface area contributed by atoms with Gasteiger partial charge >= 0.3 is 0 Å². The number of carbonyl (C=O) groups is 1. The molecule has 0 saturated carbocycles. The minimum atomic E-state index is -0.0470. The van der Waals surface area contributed by atoms with Gasteiger partial charge in [-0.3, -0.25) is 4.79 Å². The molecule has 0 aliphatic rings. The number of benzene rings is 2. The minimum Gasteiger partial charge on any atom is -0.497 e. The SMILES string of the molecule is COCCCn1c(SCC(=O)NCCc2ccc(OC)cc2)nnc1-c1ccccc1Cl. The van der Waals surface area contributed by atoms with Crippen LogP contribution >= 0.6 is 23.4 Å². The van der Waals surface area contributed by atoms with E-state index in [0.29, 0.717) is 35.7 Å². The van der Waals surface area contributed by atoms with Gasteiger partial charge in [-0.1, -0.05) is 47.6 Å². The molecule has 0 saturated heterocycles. The van der Waals surface area contributed by atoms with Crippen molar-refractivity contribution in [1.29, 1.82) is 0 Å². The van der Waals surface area contributed by atoms with Crippen LogP contribution in [0.1, 0.15) is 12.0 Å². The van der Waals surface area contributed by atoms with Crippen LogP contribution in [-0.2, 0) is 22.5 Å². The largest absolute Gasteiger partial charge is 0.497 e. The van der Waals surface area contributed by atoms with Gasteiger partial charge in [0.05, 0.1) is 17.9 Å². The predicted molar refractivity (Wildman–Crippen MR) is 127 cm³/mol. The van der Waals surface area contributed by atoms with E-state index in [2.05, 4.69) is 15.5 Å². The van der Waals surface area contributed by atoms with E-state index in [0.717, 1.165) is 29.7 Å². The smallest absolute Gasteiger partial charge is 0.230 e. The second kappa shape index (κ2) is 12.5. The number of hydrogen-bond donors (Lipinski definition) is 1. The van der Waals surface area contributed by atoms with Gasteiger partial charge in [-0.15, -0.1) is 10.2 Å². The fourth-order valence-corrected chi connectivity index (χ4v) is 4.14. The summed E-state index contributed by atoms with van der Waals surface area (Å²) >= 11 is 7.73. The fraction of sp³-hybridized carbons (Fsp3) is 0.348. The molecule has 1 aromatic heterocycles. The number of nitrogens with one attached hydrogen (secondary N) is 1. The van der Waals surface area contributed by atoms with Gasteiger partial charge in [0, 0.05) is 32.4 Å². The molecule has 0 unspecified atom stereocenters. The van der Waals surface area contributed by atoms with Crippen LogP contribution in [0.4, 0.5) is 0 Å². The molecule has 0 fully saturated rings. The highest BCUT2D eigenvalue weighted by Crippen LogP contribution is 2.29. The Morgan fingerprint density at radius 1 is 1.12 bits per heavy atom. The summed E-state index contributed by atoms with van der Waals surface area (Å²) in [6.45, 7) is 1.86. The third-order valence-corrected chi connectivity index (χ3v) is 6.09. The van der Waals surface area contributed by atoms with Gasteiger partial charge < -0.3 is 19.4 Å². The first kappa shape index (κ1) is 24.1. The molecule has 0 aliphatic carbocycles. The van der Waals surface area contributed by atoms with Crippen LogP contribution in [0.15, 0.2) is 53.7 Å². The van der Waals surface area contributed by atoms with Crippen LogP contribution in [0.2, 0.25) is 5.02 Å². The third kappa shape index (κ3) is 6.72. The van der Waals surface area contributed by atoms with Crippen molar-refractivity contribution < 1.29 is 14.3 Å². The van der Waals surface area contributed by atoms with E-state index in [1.807, 2.05) is 53.1 Å². The van der Waals surface area contributed by atoms with Gasteiger partial charge in [-0.05, 0) is 42.7 Å². The van der Waals surface area contributed by atoms with Gasteiger partial charge in [0.1, 0.15) is 5.75 Å². The Hall–Kier alpha value is -2.55. The molecule has 170 valence electrons. The number of thioether (sulfide) groups is 1. The highest BCUT2D eigenvalue weighted by Gasteiger charge is 2.17. The van der Waals surface area contributed by atoms with Gasteiger partial charge in [-0.25, -0.2) is 0 Å². The number of aromatic nitrogens is 3. The van der Waals surface area contributed by atoms with Crippen LogP contribution < -0.4 is 10.1 Å². The van der Waals surface area contributed by atoms with Crippen LogP contribution in [0.3, 0.4) is 0 Å². The normalized spacial score (nSPS) is 10.8. The Bertz CT molecular complexity index is 1010. The predicted octanol–water partition coefficient (Wildman–Crippen LogP) is 4.09. The number of nitrogens with zero attached hydrogens (tertiary/aromatic N) is 3. The van der Waals surface area contributed by atoms with E-state index < -0.39 is 0 Å². The van der Waals surface area contributed by atoms with Crippen LogP contribution in [-0.4, -0.2) is 53.8 Å². The molecule has 9 heteroatoms. The molecular formula is C23H27ClN4O3S. The molecule has 0 spiro atoms. The summed E-state index contributed by atoms with van der Waals surface area (Å²) in [6.07, 6.45) is 1.55. The standard InChI is InChI=1S/C23H27ClN4O3S/c1-30-15-5-14-28-22(19-6-3-4-7-20(19)24)26-27-23(28)32-16-21(29)25-13-12-17-8-10-18(31-2)11-9-17/h3-4,6-11H,5,12-16H2,1-2H3,(H,25,29). The Kier molecular flexibility index (Phi) is 9.40. The lowest BCUT2D eigenvalue weighted by molar-refractivity contribution is -0.118. The fourth-order valence-electron chi connectivity index (χ4n) is 3.13. The lowest BCUT2D eigenvalue weighted by atomic mass is 10.1. The molecule has 1 heterocycles. The van der Waals surface area contributed by atoms with E-state index >= 15 is 0 Å². The monoisotopic (exact) mass is 474 g/mol. The van der Waals surface area contributed by atoms with Gasteiger partial charge in [0.15, 0.2) is 11.0 Å². The van der Waals surface area contributed by atoms with Crippen molar-refractivity contribution in [2.24, 2.45) is 0 Å². The molecule has 0 aliphatic heterocycles. The van der Waals surface area contributed by atoms with Crippen LogP contribution in [0.25, 0.3) is 11.4 Å². The second-order valence-electron chi connectivity index (χ2n) is 7.02. The van der Waals surface area contributed by atoms with E-state index in [9.17, 15) is 4.79 Å². The topological polar surface area (TPSA) is 78.3 Å². The molecule has 7 nitrogen and oxygen atoms in total. The molecular weight excluding hydrogens is 448 g/mol. The number of methoxy groups -OCH3 is 2. The number of ether oxygens (including phenoxy) is 2. The first-order valence-electron chi connectivity index (χ1n) is 10.3. The Morgan fingerprint density at radius 2 is 1.91 bits per heavy atom. The van der Waals surface area contributed by atoms with Gasteiger partial charge in [-0.2, -0.15) is 0 Å². The zero-order chi connectivity index (χ0) is 22.8. The van der Waals surface area contributed by atoms with Gasteiger partial charge in [0.2, 0.25) is 5.91 Å². The van der Waals surface area contributed by atoms with Crippen molar-refractivity contribution in [1.82, 2.24) is 20.1 Å². The summed E-state index contributed by atoms with van der Waals surface area (Å²) in [6, 6.07) is 15.4. The maximum Gasteiger partial charge on any atom is 0.230 e. The summed E-state index contributed by atoms with van der Waals surface area (Å²) in [5, 5.41) is 12.9. The first-order valence-corrected chi connectivity index (χ1v) is 11.7. The Morgan fingerprint density at radius 3 is 2.62 bits per heavy atom. The average molecular weight is 475 g/mol. The summed E-state index contributed by atoms with van der Waals surface area (Å²) < 4.78 is 12.3. The molecule has 3 aromatic rings. The van der Waals surface area contributed by atoms with Gasteiger partial charge in [0.25, 0.3) is 0 Å². The highest BCUT2D eigenvalue weighted by atomic mass is 35.5. The number of rotatable bonds is 12. The zero-order valence-corrected chi connectivity index (χ0v) is 19.8. The average Bonchev–Trinajstić information content (AvgIpc) is 3.21. The van der Waals surface area contributed by atoms with Crippen molar-refractivity contribution in [2.75, 3.05) is 33.1 Å². The lowest BCUT2D eigenvalue weighted by Crippen LogP contribution is -2.27. The quantitative estimate of drug-likeness (QED) is 0.314. The Labute approximate surface area is 197 Å². The summed E-state index contributed by atoms with van der Waals surface area (Å²) in [5.41, 5.74) is 1.95. The molecule has 3 rings (SSSR count). The summed E-state index contributed by atoms with van der Waals surface area (Å²) in [7, 11) is 3.32. The molecule has 1 N–H and O–H groups in total. The van der Waals surface area contributed by atoms with Crippen molar-refractivity contribution in [3.8, 4) is 17.1 Å². The van der Waals surface area contributed by atoms with Crippen LogP contribution in [0, 0.1) is 0 Å². The number of carbonyl (C=O) groups excluding carboxylic acids is 1. The molecule has 0 bridgehead atoms. The van der Waals surface area contributed by atoms with Crippen molar-refractivity contribution in [3.05, 3.63) is 59.1 Å². The third-order valence-electron chi connectivity index (χ3n) is 4.79. The highest BCUT2D eigenvalue weighted by molar-refractivity contribution is 7.99. The Balaban J connectivity index is 1.58. The van der Waals surface area contributed by atoms with E-state index in [1.165, 1.54) is 11.8 Å². The maximum atomic E-state index is 12.4. The number of amides is 1. The van der Waals surface area contributed by atoms with Crippen molar-refractivity contribution in [2.45, 2.75) is 24.5 Å². The second-order valence-corrected chi connectivity index (χ2v) is 8.37. The lowest BCUT2D eigenvalue weighted by Gasteiger charge is -2.11. The molecule has 0 atom stereocenters. The first-order chi connectivity index (χ1) is 15.6. The molecule has 0 radical (unpaired) electrons. The summed E-state index contributed by atoms with van der Waals surface area (Å²) in [4.78, 5) is 12.4. The van der Waals surface area contributed by atoms with Crippen molar-refractivity contribution in [3.63, 3.8) is 0 Å². The molecule has 1 amide bonds. The van der Waals surface area contributed by atoms with E-state index in [-0.39, 0.29) is 11.7 Å². The molecule has 32 heavy (non-hydrogen) atoms. The minimum absolute atomic E-state index is 0.0470. The number of hydrogen-bond acceptors (Lipinski definition) is 6. The van der Waals surface area contributed by atoms with Crippen LogP contribution in [0.5, 0.6) is 5.75 Å². The molecule has 2 aromatic carbocycles.